The minimum absolute atomic E-state index is 0.0388. The van der Waals surface area contributed by atoms with Crippen LogP contribution in [0.3, 0.4) is 0 Å². The van der Waals surface area contributed by atoms with Gasteiger partial charge in [0.25, 0.3) is 0 Å². The second kappa shape index (κ2) is 2.82. The van der Waals surface area contributed by atoms with Crippen LogP contribution in [0.1, 0.15) is 13.3 Å². The van der Waals surface area contributed by atoms with E-state index in [1.165, 1.54) is 5.71 Å². The van der Waals surface area contributed by atoms with Crippen LogP contribution in [-0.4, -0.2) is 49.5 Å². The molecule has 2 aliphatic heterocycles. The van der Waals surface area contributed by atoms with E-state index in [0.717, 1.165) is 32.7 Å². The Kier molecular flexibility index (Phi) is 1.93. The van der Waals surface area contributed by atoms with Gasteiger partial charge in [-0.1, -0.05) is 0 Å². The maximum absolute atomic E-state index is 5.81. The highest BCUT2D eigenvalue weighted by molar-refractivity contribution is 5.84. The van der Waals surface area contributed by atoms with Gasteiger partial charge in [0.1, 0.15) is 5.60 Å². The van der Waals surface area contributed by atoms with Gasteiger partial charge in [0, 0.05) is 25.2 Å². The first-order valence-corrected chi connectivity index (χ1v) is 4.53. The summed E-state index contributed by atoms with van der Waals surface area (Å²) >= 11 is 0. The Morgan fingerprint density at radius 1 is 1.58 bits per heavy atom. The molecule has 0 aromatic carbocycles. The zero-order valence-electron chi connectivity index (χ0n) is 7.84. The minimum Gasteiger partial charge on any atom is -0.370 e. The molecular formula is C9H16N2O. The molecule has 0 aromatic rings. The summed E-state index contributed by atoms with van der Waals surface area (Å²) in [6.45, 7) is 5.91. The van der Waals surface area contributed by atoms with E-state index in [1.807, 2.05) is 0 Å². The number of morpholine rings is 1. The number of hydrogen-bond acceptors (Lipinski definition) is 3. The lowest BCUT2D eigenvalue weighted by atomic mass is 9.98. The lowest BCUT2D eigenvalue weighted by Crippen LogP contribution is -2.51. The first kappa shape index (κ1) is 8.20. The van der Waals surface area contributed by atoms with Gasteiger partial charge in [-0.25, -0.2) is 0 Å². The normalized spacial score (nSPS) is 37.3. The molecule has 12 heavy (non-hydrogen) atoms. The summed E-state index contributed by atoms with van der Waals surface area (Å²) in [4.78, 5) is 6.74. The number of rotatable bonds is 0. The monoisotopic (exact) mass is 168 g/mol. The highest BCUT2D eigenvalue weighted by Gasteiger charge is 2.38. The van der Waals surface area contributed by atoms with Gasteiger partial charge in [-0.05, 0) is 14.0 Å². The molecule has 1 saturated heterocycles. The first-order valence-electron chi connectivity index (χ1n) is 4.53. The zero-order valence-corrected chi connectivity index (χ0v) is 7.84. The van der Waals surface area contributed by atoms with E-state index in [1.54, 1.807) is 0 Å². The number of likely N-dealkylation sites (N-methyl/N-ethyl adjacent to an activating group) is 1. The van der Waals surface area contributed by atoms with Gasteiger partial charge in [-0.2, -0.15) is 0 Å². The third kappa shape index (κ3) is 1.39. The van der Waals surface area contributed by atoms with Crippen LogP contribution in [0.25, 0.3) is 0 Å². The van der Waals surface area contributed by atoms with Crippen molar-refractivity contribution in [3.05, 3.63) is 0 Å². The Balaban J connectivity index is 2.03. The molecule has 0 bridgehead atoms. The lowest BCUT2D eigenvalue weighted by Gasteiger charge is -2.38. The summed E-state index contributed by atoms with van der Waals surface area (Å²) in [6, 6.07) is 0. The maximum atomic E-state index is 5.81. The maximum Gasteiger partial charge on any atom is 0.105 e. The standard InChI is InChI=1S/C9H16N2O/c1-8-5-9(6-10-8)7-11(2)3-4-12-9/h3-7H2,1-2H3. The topological polar surface area (TPSA) is 24.8 Å². The number of nitrogens with zero attached hydrogens (tertiary/aromatic N) is 2. The van der Waals surface area contributed by atoms with Gasteiger partial charge in [0.2, 0.25) is 0 Å². The van der Waals surface area contributed by atoms with E-state index >= 15 is 0 Å². The third-order valence-electron chi connectivity index (χ3n) is 2.65. The Morgan fingerprint density at radius 2 is 2.42 bits per heavy atom. The van der Waals surface area contributed by atoms with E-state index in [-0.39, 0.29) is 5.60 Å². The number of aliphatic imine (C=N–C) groups is 1. The fourth-order valence-corrected chi connectivity index (χ4v) is 2.09. The van der Waals surface area contributed by atoms with Crippen molar-refractivity contribution < 1.29 is 4.74 Å². The second-order valence-corrected chi connectivity index (χ2v) is 4.00. The van der Waals surface area contributed by atoms with E-state index < -0.39 is 0 Å². The number of ether oxygens (including phenoxy) is 1. The smallest absolute Gasteiger partial charge is 0.105 e. The molecule has 1 atom stereocenters. The highest BCUT2D eigenvalue weighted by Crippen LogP contribution is 2.26. The molecule has 0 N–H and O–H groups in total. The van der Waals surface area contributed by atoms with Gasteiger partial charge in [-0.3, -0.25) is 4.99 Å². The van der Waals surface area contributed by atoms with Gasteiger partial charge in [0.15, 0.2) is 0 Å². The zero-order chi connectivity index (χ0) is 8.60. The van der Waals surface area contributed by atoms with Crippen molar-refractivity contribution in [2.24, 2.45) is 4.99 Å². The Morgan fingerprint density at radius 3 is 3.00 bits per heavy atom. The van der Waals surface area contributed by atoms with Crippen LogP contribution >= 0.6 is 0 Å². The molecule has 0 radical (unpaired) electrons. The van der Waals surface area contributed by atoms with Crippen molar-refractivity contribution in [3.63, 3.8) is 0 Å². The fraction of sp³-hybridized carbons (Fsp3) is 0.889. The Bertz CT molecular complexity index is 215. The van der Waals surface area contributed by atoms with E-state index in [2.05, 4.69) is 23.9 Å². The molecule has 0 aliphatic carbocycles. The van der Waals surface area contributed by atoms with Crippen molar-refractivity contribution in [1.29, 1.82) is 0 Å². The fourth-order valence-electron chi connectivity index (χ4n) is 2.09. The van der Waals surface area contributed by atoms with Crippen LogP contribution in [0.15, 0.2) is 4.99 Å². The predicted molar refractivity (Wildman–Crippen MR) is 48.8 cm³/mol. The van der Waals surface area contributed by atoms with Gasteiger partial charge >= 0.3 is 0 Å². The van der Waals surface area contributed by atoms with Gasteiger partial charge < -0.3 is 9.64 Å². The number of hydrogen-bond donors (Lipinski definition) is 0. The molecule has 1 unspecified atom stereocenters. The van der Waals surface area contributed by atoms with Crippen LogP contribution in [0.2, 0.25) is 0 Å². The van der Waals surface area contributed by atoms with Crippen molar-refractivity contribution >= 4 is 5.71 Å². The summed E-state index contributed by atoms with van der Waals surface area (Å²) in [5, 5.41) is 0. The molecule has 2 heterocycles. The summed E-state index contributed by atoms with van der Waals surface area (Å²) < 4.78 is 5.81. The van der Waals surface area contributed by atoms with Crippen molar-refractivity contribution in [1.82, 2.24) is 4.90 Å². The predicted octanol–water partition coefficient (Wildman–Crippen LogP) is 0.552. The summed E-state index contributed by atoms with van der Waals surface area (Å²) in [6.07, 6.45) is 1.03. The quantitative estimate of drug-likeness (QED) is 0.527. The van der Waals surface area contributed by atoms with Gasteiger partial charge in [-0.15, -0.1) is 0 Å². The van der Waals surface area contributed by atoms with Crippen LogP contribution in [0.5, 0.6) is 0 Å². The van der Waals surface area contributed by atoms with Gasteiger partial charge in [0.05, 0.1) is 13.2 Å². The van der Waals surface area contributed by atoms with Crippen LogP contribution < -0.4 is 0 Å². The summed E-state index contributed by atoms with van der Waals surface area (Å²) in [7, 11) is 2.15. The van der Waals surface area contributed by atoms with Crippen LogP contribution in [-0.2, 0) is 4.74 Å². The van der Waals surface area contributed by atoms with E-state index in [4.69, 9.17) is 4.74 Å². The summed E-state index contributed by atoms with van der Waals surface area (Å²) in [5.74, 6) is 0. The average molecular weight is 168 g/mol. The molecule has 1 fully saturated rings. The summed E-state index contributed by atoms with van der Waals surface area (Å²) in [5.41, 5.74) is 1.28. The second-order valence-electron chi connectivity index (χ2n) is 4.00. The Hall–Kier alpha value is -0.410. The SMILES string of the molecule is CC1=NCC2(C1)CN(C)CCO2. The largest absolute Gasteiger partial charge is 0.370 e. The van der Waals surface area contributed by atoms with Crippen molar-refractivity contribution in [2.45, 2.75) is 18.9 Å². The highest BCUT2D eigenvalue weighted by atomic mass is 16.5. The molecule has 68 valence electrons. The molecule has 3 nitrogen and oxygen atoms in total. The average Bonchev–Trinajstić information content (AvgIpc) is 2.32. The van der Waals surface area contributed by atoms with E-state index in [0.29, 0.717) is 0 Å². The molecular weight excluding hydrogens is 152 g/mol. The van der Waals surface area contributed by atoms with Crippen LogP contribution in [0.4, 0.5) is 0 Å². The lowest BCUT2D eigenvalue weighted by molar-refractivity contribution is -0.0874. The van der Waals surface area contributed by atoms with Crippen molar-refractivity contribution in [2.75, 3.05) is 33.3 Å². The molecule has 0 saturated carbocycles. The molecule has 1 spiro atoms. The molecule has 3 heteroatoms. The molecule has 0 amide bonds. The molecule has 2 aliphatic rings. The van der Waals surface area contributed by atoms with Crippen molar-refractivity contribution in [3.8, 4) is 0 Å². The third-order valence-corrected chi connectivity index (χ3v) is 2.65. The molecule has 0 aromatic heterocycles. The minimum atomic E-state index is 0.0388. The molecule has 2 rings (SSSR count). The first-order chi connectivity index (χ1) is 5.70. The Labute approximate surface area is 73.4 Å². The van der Waals surface area contributed by atoms with E-state index in [9.17, 15) is 0 Å². The van der Waals surface area contributed by atoms with Crippen LogP contribution in [0, 0.1) is 0 Å².